The van der Waals surface area contributed by atoms with Crippen molar-refractivity contribution in [3.05, 3.63) is 28.7 Å². The summed E-state index contributed by atoms with van der Waals surface area (Å²) in [6, 6.07) is 6.83. The Labute approximate surface area is 128 Å². The third-order valence-electron chi connectivity index (χ3n) is 3.25. The van der Waals surface area contributed by atoms with Gasteiger partial charge in [0.1, 0.15) is 0 Å². The molecule has 0 aromatic heterocycles. The zero-order valence-corrected chi connectivity index (χ0v) is 13.7. The van der Waals surface area contributed by atoms with E-state index in [0.717, 1.165) is 17.3 Å². The van der Waals surface area contributed by atoms with E-state index in [9.17, 15) is 8.42 Å². The Hall–Kier alpha value is -0.140. The Kier molecular flexibility index (Phi) is 6.26. The average molecular weight is 370 g/mol. The summed E-state index contributed by atoms with van der Waals surface area (Å²) >= 11 is 3.30. The van der Waals surface area contributed by atoms with Gasteiger partial charge in [0.05, 0.1) is 4.90 Å². The Morgan fingerprint density at radius 1 is 1.42 bits per heavy atom. The second-order valence-corrected chi connectivity index (χ2v) is 7.42. The van der Waals surface area contributed by atoms with Crippen LogP contribution in [0.25, 0.3) is 0 Å². The van der Waals surface area contributed by atoms with Crippen LogP contribution in [-0.2, 0) is 10.0 Å². The van der Waals surface area contributed by atoms with Crippen molar-refractivity contribution in [1.29, 1.82) is 0 Å². The topological polar surface area (TPSA) is 63.4 Å². The highest BCUT2D eigenvalue weighted by atomic mass is 79.9. The van der Waals surface area contributed by atoms with Crippen LogP contribution < -0.4 is 5.73 Å². The van der Waals surface area contributed by atoms with Crippen LogP contribution in [0.2, 0.25) is 0 Å². The minimum Gasteiger partial charge on any atom is -0.330 e. The Balaban J connectivity index is 0.00000180. The minimum absolute atomic E-state index is 0. The van der Waals surface area contributed by atoms with Crippen molar-refractivity contribution in [2.45, 2.75) is 17.7 Å². The van der Waals surface area contributed by atoms with Crippen LogP contribution in [0.15, 0.2) is 33.6 Å². The lowest BCUT2D eigenvalue weighted by Crippen LogP contribution is -2.41. The smallest absolute Gasteiger partial charge is 0.243 e. The van der Waals surface area contributed by atoms with Gasteiger partial charge in [-0.3, -0.25) is 0 Å². The molecule has 1 unspecified atom stereocenters. The first-order chi connectivity index (χ1) is 8.54. The van der Waals surface area contributed by atoms with E-state index in [2.05, 4.69) is 15.9 Å². The molecule has 0 radical (unpaired) electrons. The molecule has 108 valence electrons. The number of nitrogens with zero attached hydrogens (tertiary/aromatic N) is 1. The monoisotopic (exact) mass is 368 g/mol. The maximum Gasteiger partial charge on any atom is 0.243 e. The number of hydrogen-bond donors (Lipinski definition) is 1. The van der Waals surface area contributed by atoms with Gasteiger partial charge in [-0.25, -0.2) is 8.42 Å². The summed E-state index contributed by atoms with van der Waals surface area (Å²) < 4.78 is 27.3. The number of sulfonamides is 1. The van der Waals surface area contributed by atoms with Gasteiger partial charge in [0.15, 0.2) is 0 Å². The first-order valence-corrected chi connectivity index (χ1v) is 8.23. The van der Waals surface area contributed by atoms with E-state index in [4.69, 9.17) is 5.73 Å². The summed E-state index contributed by atoms with van der Waals surface area (Å²) in [6.45, 7) is 1.67. The van der Waals surface area contributed by atoms with Gasteiger partial charge in [-0.2, -0.15) is 4.31 Å². The highest BCUT2D eigenvalue weighted by molar-refractivity contribution is 9.10. The zero-order chi connectivity index (χ0) is 13.2. The molecule has 0 amide bonds. The number of piperidine rings is 1. The first-order valence-electron chi connectivity index (χ1n) is 6.00. The Morgan fingerprint density at radius 3 is 2.79 bits per heavy atom. The first kappa shape index (κ1) is 16.9. The second-order valence-electron chi connectivity index (χ2n) is 4.56. The lowest BCUT2D eigenvalue weighted by molar-refractivity contribution is 0.271. The molecule has 2 N–H and O–H groups in total. The van der Waals surface area contributed by atoms with Crippen LogP contribution >= 0.6 is 28.3 Å². The molecule has 1 heterocycles. The predicted molar refractivity (Wildman–Crippen MR) is 81.9 cm³/mol. The SMILES string of the molecule is Cl.NCC1CCCN(S(=O)(=O)c2cccc(Br)c2)C1. The van der Waals surface area contributed by atoms with E-state index >= 15 is 0 Å². The van der Waals surface area contributed by atoms with E-state index in [0.29, 0.717) is 24.5 Å². The van der Waals surface area contributed by atoms with Crippen LogP contribution in [0, 0.1) is 5.92 Å². The second kappa shape index (κ2) is 7.04. The van der Waals surface area contributed by atoms with Gasteiger partial charge in [-0.05, 0) is 43.5 Å². The van der Waals surface area contributed by atoms with E-state index in [1.807, 2.05) is 6.07 Å². The van der Waals surface area contributed by atoms with Crippen molar-refractivity contribution < 1.29 is 8.42 Å². The number of hydrogen-bond acceptors (Lipinski definition) is 3. The van der Waals surface area contributed by atoms with E-state index in [1.165, 1.54) is 0 Å². The standard InChI is InChI=1S/C12H17BrN2O2S.ClH/c13-11-4-1-5-12(7-11)18(16,17)15-6-2-3-10(8-14)9-15;/h1,4-5,7,10H,2-3,6,8-9,14H2;1H. The Morgan fingerprint density at radius 2 is 2.16 bits per heavy atom. The normalized spacial score (nSPS) is 20.8. The summed E-state index contributed by atoms with van der Waals surface area (Å²) in [7, 11) is -3.38. The maximum atomic E-state index is 12.5. The van der Waals surface area contributed by atoms with Gasteiger partial charge in [0.25, 0.3) is 0 Å². The lowest BCUT2D eigenvalue weighted by Gasteiger charge is -2.31. The third kappa shape index (κ3) is 3.92. The number of benzene rings is 1. The number of halogens is 2. The molecule has 1 fully saturated rings. The van der Waals surface area contributed by atoms with Crippen LogP contribution in [0.4, 0.5) is 0 Å². The molecule has 1 saturated heterocycles. The van der Waals surface area contributed by atoms with Crippen LogP contribution in [0.1, 0.15) is 12.8 Å². The molecule has 4 nitrogen and oxygen atoms in total. The van der Waals surface area contributed by atoms with Gasteiger partial charge in [-0.1, -0.05) is 22.0 Å². The van der Waals surface area contributed by atoms with Gasteiger partial charge >= 0.3 is 0 Å². The molecular formula is C12H18BrClN2O2S. The highest BCUT2D eigenvalue weighted by Gasteiger charge is 2.29. The number of rotatable bonds is 3. The molecule has 0 spiro atoms. The average Bonchev–Trinajstić information content (AvgIpc) is 2.39. The van der Waals surface area contributed by atoms with Gasteiger partial charge in [0.2, 0.25) is 10.0 Å². The molecule has 1 atom stereocenters. The maximum absolute atomic E-state index is 12.5. The van der Waals surface area contributed by atoms with Gasteiger partial charge in [-0.15, -0.1) is 12.4 Å². The van der Waals surface area contributed by atoms with Crippen LogP contribution in [0.3, 0.4) is 0 Å². The molecule has 2 rings (SSSR count). The Bertz CT molecular complexity index is 524. The molecule has 0 bridgehead atoms. The molecule has 1 aliphatic rings. The number of nitrogens with two attached hydrogens (primary N) is 1. The van der Waals surface area contributed by atoms with Crippen molar-refractivity contribution >= 4 is 38.4 Å². The molecule has 1 aromatic rings. The quantitative estimate of drug-likeness (QED) is 0.888. The predicted octanol–water partition coefficient (Wildman–Crippen LogP) is 2.23. The fraction of sp³-hybridized carbons (Fsp3) is 0.500. The molecule has 0 aliphatic carbocycles. The van der Waals surface area contributed by atoms with Crippen LogP contribution in [-0.4, -0.2) is 32.4 Å². The molecule has 0 saturated carbocycles. The van der Waals surface area contributed by atoms with E-state index in [1.54, 1.807) is 22.5 Å². The minimum atomic E-state index is -3.38. The van der Waals surface area contributed by atoms with Crippen LogP contribution in [0.5, 0.6) is 0 Å². The molecule has 19 heavy (non-hydrogen) atoms. The zero-order valence-electron chi connectivity index (χ0n) is 10.5. The fourth-order valence-corrected chi connectivity index (χ4v) is 4.37. The summed E-state index contributed by atoms with van der Waals surface area (Å²) in [5.74, 6) is 0.278. The summed E-state index contributed by atoms with van der Waals surface area (Å²) in [5, 5.41) is 0. The van der Waals surface area contributed by atoms with Gasteiger partial charge in [0, 0.05) is 17.6 Å². The molecular weight excluding hydrogens is 352 g/mol. The van der Waals surface area contributed by atoms with Gasteiger partial charge < -0.3 is 5.73 Å². The molecule has 7 heteroatoms. The third-order valence-corrected chi connectivity index (χ3v) is 5.60. The van der Waals surface area contributed by atoms with E-state index in [-0.39, 0.29) is 18.3 Å². The summed E-state index contributed by atoms with van der Waals surface area (Å²) in [4.78, 5) is 0.342. The summed E-state index contributed by atoms with van der Waals surface area (Å²) in [5.41, 5.74) is 5.64. The fourth-order valence-electron chi connectivity index (χ4n) is 2.21. The van der Waals surface area contributed by atoms with Crippen molar-refractivity contribution in [2.24, 2.45) is 11.7 Å². The highest BCUT2D eigenvalue weighted by Crippen LogP contribution is 2.24. The molecule has 1 aromatic carbocycles. The van der Waals surface area contributed by atoms with Crippen molar-refractivity contribution in [2.75, 3.05) is 19.6 Å². The lowest BCUT2D eigenvalue weighted by atomic mass is 10.0. The summed E-state index contributed by atoms with van der Waals surface area (Å²) in [6.07, 6.45) is 1.90. The van der Waals surface area contributed by atoms with E-state index < -0.39 is 10.0 Å². The molecule has 1 aliphatic heterocycles. The largest absolute Gasteiger partial charge is 0.330 e. The van der Waals surface area contributed by atoms with Crippen molar-refractivity contribution in [3.63, 3.8) is 0 Å². The van der Waals surface area contributed by atoms with Crippen molar-refractivity contribution in [3.8, 4) is 0 Å². The van der Waals surface area contributed by atoms with Crippen molar-refractivity contribution in [1.82, 2.24) is 4.31 Å².